The fourth-order valence-corrected chi connectivity index (χ4v) is 3.49. The largest absolute Gasteiger partial charge is 0.497 e. The van der Waals surface area contributed by atoms with E-state index >= 15 is 0 Å². The molecule has 0 saturated carbocycles. The monoisotopic (exact) mass is 413 g/mol. The molecule has 0 aliphatic rings. The van der Waals surface area contributed by atoms with E-state index in [1.54, 1.807) is 18.9 Å². The molecule has 152 valence electrons. The Balaban J connectivity index is 1.64. The normalized spacial score (nSPS) is 11.7. The van der Waals surface area contributed by atoms with Gasteiger partial charge in [0.2, 0.25) is 11.1 Å². The molecule has 1 aromatic heterocycles. The topological polar surface area (TPSA) is 91.2 Å². The van der Waals surface area contributed by atoms with Gasteiger partial charge in [0.1, 0.15) is 11.5 Å². The van der Waals surface area contributed by atoms with Crippen molar-refractivity contribution in [2.45, 2.75) is 25.0 Å². The van der Waals surface area contributed by atoms with Gasteiger partial charge in [-0.05, 0) is 54.6 Å². The molecule has 2 aromatic carbocycles. The van der Waals surface area contributed by atoms with Crippen LogP contribution in [0.2, 0.25) is 0 Å². The number of carbonyl (C=O) groups is 1. The second kappa shape index (κ2) is 9.42. The van der Waals surface area contributed by atoms with Crippen molar-refractivity contribution in [2.75, 3.05) is 20.0 Å². The Kier molecular flexibility index (Phi) is 6.71. The van der Waals surface area contributed by atoms with Crippen LogP contribution in [-0.4, -0.2) is 46.1 Å². The Morgan fingerprint density at radius 3 is 2.62 bits per heavy atom. The number of hydrogen-bond acceptors (Lipinski definition) is 7. The van der Waals surface area contributed by atoms with Crippen LogP contribution in [0.1, 0.15) is 24.1 Å². The van der Waals surface area contributed by atoms with Crippen LogP contribution in [-0.2, 0) is 4.79 Å². The van der Waals surface area contributed by atoms with Gasteiger partial charge in [-0.2, -0.15) is 4.68 Å². The summed E-state index contributed by atoms with van der Waals surface area (Å²) in [5, 5.41) is 15.3. The summed E-state index contributed by atoms with van der Waals surface area (Å²) in [6.45, 7) is 3.91. The molecule has 0 aliphatic heterocycles. The average Bonchev–Trinajstić information content (AvgIpc) is 3.20. The van der Waals surface area contributed by atoms with E-state index in [9.17, 15) is 4.79 Å². The number of benzene rings is 2. The first-order valence-electron chi connectivity index (χ1n) is 9.01. The summed E-state index contributed by atoms with van der Waals surface area (Å²) in [4.78, 5) is 12.5. The molecule has 3 rings (SSSR count). The number of nitrogens with zero attached hydrogens (tertiary/aromatic N) is 4. The van der Waals surface area contributed by atoms with E-state index in [1.165, 1.54) is 11.8 Å². The standard InChI is InChI=1S/C20H23N5O3S/c1-13-5-7-15(8-6-13)25-20(22-23-24-25)29-12-19(26)21-14(2)17-11-16(27-3)9-10-18(17)28-4/h5-11,14H,12H2,1-4H3,(H,21,26)/t14-/m1/s1. The van der Waals surface area contributed by atoms with E-state index in [0.29, 0.717) is 16.7 Å². The molecular formula is C20H23N5O3S. The average molecular weight is 414 g/mol. The number of nitrogens with one attached hydrogen (secondary N) is 1. The third-order valence-electron chi connectivity index (χ3n) is 4.33. The molecule has 0 saturated heterocycles. The molecule has 1 heterocycles. The molecule has 0 aliphatic carbocycles. The number of rotatable bonds is 8. The van der Waals surface area contributed by atoms with Crippen LogP contribution < -0.4 is 14.8 Å². The predicted molar refractivity (Wildman–Crippen MR) is 111 cm³/mol. The summed E-state index contributed by atoms with van der Waals surface area (Å²) in [6.07, 6.45) is 0. The lowest BCUT2D eigenvalue weighted by atomic mass is 10.1. The van der Waals surface area contributed by atoms with Gasteiger partial charge in [0.05, 0.1) is 31.7 Å². The van der Waals surface area contributed by atoms with Gasteiger partial charge in [-0.1, -0.05) is 29.5 Å². The zero-order chi connectivity index (χ0) is 20.8. The van der Waals surface area contributed by atoms with Gasteiger partial charge in [-0.15, -0.1) is 5.10 Å². The molecule has 29 heavy (non-hydrogen) atoms. The molecule has 0 bridgehead atoms. The summed E-state index contributed by atoms with van der Waals surface area (Å²) < 4.78 is 12.3. The fraction of sp³-hybridized carbons (Fsp3) is 0.300. The van der Waals surface area contributed by atoms with Gasteiger partial charge in [-0.3, -0.25) is 4.79 Å². The fourth-order valence-electron chi connectivity index (χ4n) is 2.79. The van der Waals surface area contributed by atoms with Gasteiger partial charge < -0.3 is 14.8 Å². The lowest BCUT2D eigenvalue weighted by Crippen LogP contribution is -2.28. The first kappa shape index (κ1) is 20.7. The van der Waals surface area contributed by atoms with Crippen LogP contribution in [0.3, 0.4) is 0 Å². The van der Waals surface area contributed by atoms with Gasteiger partial charge in [0, 0.05) is 5.56 Å². The zero-order valence-electron chi connectivity index (χ0n) is 16.7. The summed E-state index contributed by atoms with van der Waals surface area (Å²) in [5.74, 6) is 1.44. The van der Waals surface area contributed by atoms with Crippen molar-refractivity contribution >= 4 is 17.7 Å². The first-order chi connectivity index (χ1) is 14.0. The number of hydrogen-bond donors (Lipinski definition) is 1. The molecule has 0 unspecified atom stereocenters. The van der Waals surface area contributed by atoms with Crippen molar-refractivity contribution < 1.29 is 14.3 Å². The summed E-state index contributed by atoms with van der Waals surface area (Å²) in [6, 6.07) is 13.1. The van der Waals surface area contributed by atoms with Gasteiger partial charge in [0.15, 0.2) is 0 Å². The minimum atomic E-state index is -0.249. The van der Waals surface area contributed by atoms with Crippen LogP contribution in [0, 0.1) is 6.92 Å². The summed E-state index contributed by atoms with van der Waals surface area (Å²) in [5.41, 5.74) is 2.84. The Labute approximate surface area is 173 Å². The second-order valence-corrected chi connectivity index (χ2v) is 7.34. The third kappa shape index (κ3) is 5.05. The highest BCUT2D eigenvalue weighted by Gasteiger charge is 2.17. The second-order valence-electron chi connectivity index (χ2n) is 6.39. The Morgan fingerprint density at radius 2 is 1.93 bits per heavy atom. The van der Waals surface area contributed by atoms with Gasteiger partial charge in [0.25, 0.3) is 0 Å². The Morgan fingerprint density at radius 1 is 1.17 bits per heavy atom. The van der Waals surface area contributed by atoms with Crippen LogP contribution in [0.5, 0.6) is 11.5 Å². The maximum Gasteiger partial charge on any atom is 0.230 e. The number of aryl methyl sites for hydroxylation is 1. The lowest BCUT2D eigenvalue weighted by Gasteiger charge is -2.18. The van der Waals surface area contributed by atoms with Gasteiger partial charge in [-0.25, -0.2) is 0 Å². The molecule has 8 nitrogen and oxygen atoms in total. The number of aromatic nitrogens is 4. The number of thioether (sulfide) groups is 1. The van der Waals surface area contributed by atoms with Crippen molar-refractivity contribution in [3.63, 3.8) is 0 Å². The highest BCUT2D eigenvalue weighted by Crippen LogP contribution is 2.29. The van der Waals surface area contributed by atoms with E-state index in [0.717, 1.165) is 16.8 Å². The Bertz CT molecular complexity index is 975. The summed E-state index contributed by atoms with van der Waals surface area (Å²) in [7, 11) is 3.20. The van der Waals surface area contributed by atoms with E-state index in [4.69, 9.17) is 9.47 Å². The van der Waals surface area contributed by atoms with Crippen molar-refractivity contribution in [3.8, 4) is 17.2 Å². The lowest BCUT2D eigenvalue weighted by molar-refractivity contribution is -0.119. The molecule has 9 heteroatoms. The number of tetrazole rings is 1. The van der Waals surface area contributed by atoms with E-state index < -0.39 is 0 Å². The third-order valence-corrected chi connectivity index (χ3v) is 5.25. The zero-order valence-corrected chi connectivity index (χ0v) is 17.6. The van der Waals surface area contributed by atoms with E-state index in [2.05, 4.69) is 20.8 Å². The molecule has 1 atom stereocenters. The van der Waals surface area contributed by atoms with E-state index in [-0.39, 0.29) is 17.7 Å². The first-order valence-corrected chi connectivity index (χ1v) is 10.00. The highest BCUT2D eigenvalue weighted by molar-refractivity contribution is 7.99. The minimum absolute atomic E-state index is 0.133. The molecule has 1 N–H and O–H groups in total. The molecule has 3 aromatic rings. The van der Waals surface area contributed by atoms with Crippen molar-refractivity contribution in [2.24, 2.45) is 0 Å². The number of carbonyl (C=O) groups excluding carboxylic acids is 1. The number of ether oxygens (including phenoxy) is 2. The molecule has 1 amide bonds. The molecule has 0 radical (unpaired) electrons. The SMILES string of the molecule is COc1ccc(OC)c([C@@H](C)NC(=O)CSc2nnnn2-c2ccc(C)cc2)c1. The van der Waals surface area contributed by atoms with Crippen LogP contribution in [0.25, 0.3) is 5.69 Å². The summed E-state index contributed by atoms with van der Waals surface area (Å²) >= 11 is 1.27. The predicted octanol–water partition coefficient (Wildman–Crippen LogP) is 2.96. The van der Waals surface area contributed by atoms with Gasteiger partial charge >= 0.3 is 0 Å². The highest BCUT2D eigenvalue weighted by atomic mass is 32.2. The molecular weight excluding hydrogens is 390 g/mol. The van der Waals surface area contributed by atoms with Crippen molar-refractivity contribution in [3.05, 3.63) is 53.6 Å². The van der Waals surface area contributed by atoms with Crippen molar-refractivity contribution in [1.29, 1.82) is 0 Å². The molecule has 0 spiro atoms. The molecule has 0 fully saturated rings. The smallest absolute Gasteiger partial charge is 0.230 e. The number of amides is 1. The van der Waals surface area contributed by atoms with E-state index in [1.807, 2.05) is 56.3 Å². The Hall–Kier alpha value is -3.07. The van der Waals surface area contributed by atoms with Crippen LogP contribution >= 0.6 is 11.8 Å². The number of methoxy groups -OCH3 is 2. The van der Waals surface area contributed by atoms with Crippen LogP contribution in [0.4, 0.5) is 0 Å². The van der Waals surface area contributed by atoms with Crippen LogP contribution in [0.15, 0.2) is 47.6 Å². The maximum atomic E-state index is 12.5. The maximum absolute atomic E-state index is 12.5. The minimum Gasteiger partial charge on any atom is -0.497 e. The van der Waals surface area contributed by atoms with Crippen molar-refractivity contribution in [1.82, 2.24) is 25.5 Å². The quantitative estimate of drug-likeness (QED) is 0.568.